The van der Waals surface area contributed by atoms with Gasteiger partial charge >= 0.3 is 0 Å². The van der Waals surface area contributed by atoms with E-state index in [9.17, 15) is 4.79 Å². The van der Waals surface area contributed by atoms with Crippen LogP contribution in [0.1, 0.15) is 0 Å². The number of nitrogens with two attached hydrogens (primary N) is 1. The Kier molecular flexibility index (Phi) is 3.04. The van der Waals surface area contributed by atoms with Gasteiger partial charge in [0.15, 0.2) is 11.6 Å². The van der Waals surface area contributed by atoms with Gasteiger partial charge in [0.05, 0.1) is 5.56 Å². The highest BCUT2D eigenvalue weighted by Gasteiger charge is 2.19. The second-order valence-electron chi connectivity index (χ2n) is 4.19. The summed E-state index contributed by atoms with van der Waals surface area (Å²) in [5.41, 5.74) is 7.52. The van der Waals surface area contributed by atoms with Gasteiger partial charge in [0, 0.05) is 28.4 Å². The van der Waals surface area contributed by atoms with Crippen molar-refractivity contribution in [2.75, 3.05) is 5.73 Å². The predicted molar refractivity (Wildman–Crippen MR) is 77.4 cm³/mol. The lowest BCUT2D eigenvalue weighted by Crippen LogP contribution is -2.02. The summed E-state index contributed by atoms with van der Waals surface area (Å²) >= 11 is 6.19. The summed E-state index contributed by atoms with van der Waals surface area (Å²) < 4.78 is 5.26. The van der Waals surface area contributed by atoms with Gasteiger partial charge in [-0.05, 0) is 12.1 Å². The van der Waals surface area contributed by atoms with Crippen LogP contribution in [0.5, 0.6) is 0 Å². The summed E-state index contributed by atoms with van der Waals surface area (Å²) in [6, 6.07) is 10.4. The third kappa shape index (κ3) is 2.08. The summed E-state index contributed by atoms with van der Waals surface area (Å²) in [6.07, 6.45) is 1.53. The maximum atomic E-state index is 11.4. The number of nitrogens with zero attached hydrogens (tertiary/aromatic N) is 1. The molecule has 3 rings (SSSR count). The molecule has 0 radical (unpaired) electrons. The van der Waals surface area contributed by atoms with Crippen molar-refractivity contribution < 1.29 is 4.52 Å². The minimum atomic E-state index is -0.234. The molecule has 100 valence electrons. The highest BCUT2D eigenvalue weighted by Crippen LogP contribution is 2.39. The molecular weight excluding hydrogens is 278 g/mol. The first-order chi connectivity index (χ1) is 9.66. The molecule has 2 heterocycles. The van der Waals surface area contributed by atoms with Gasteiger partial charge in [0.2, 0.25) is 5.56 Å². The second-order valence-corrected chi connectivity index (χ2v) is 4.60. The minimum Gasteiger partial charge on any atom is -0.380 e. The van der Waals surface area contributed by atoms with Crippen molar-refractivity contribution in [1.29, 1.82) is 0 Å². The lowest BCUT2D eigenvalue weighted by atomic mass is 10.0. The largest absolute Gasteiger partial charge is 0.380 e. The van der Waals surface area contributed by atoms with Gasteiger partial charge in [0.1, 0.15) is 0 Å². The fourth-order valence-electron chi connectivity index (χ4n) is 2.01. The number of anilines is 1. The van der Waals surface area contributed by atoms with Gasteiger partial charge in [-0.2, -0.15) is 0 Å². The van der Waals surface area contributed by atoms with Crippen LogP contribution in [0.2, 0.25) is 5.02 Å². The lowest BCUT2D eigenvalue weighted by molar-refractivity contribution is 0.436. The number of H-pyrrole nitrogens is 1. The summed E-state index contributed by atoms with van der Waals surface area (Å²) in [7, 11) is 0. The SMILES string of the molecule is Nc1noc(-c2cc[nH]c(=O)c2)c1-c1ccccc1Cl. The van der Waals surface area contributed by atoms with E-state index in [2.05, 4.69) is 10.1 Å². The van der Waals surface area contributed by atoms with Gasteiger partial charge < -0.3 is 15.2 Å². The predicted octanol–water partition coefficient (Wildman–Crippen LogP) is 2.93. The highest BCUT2D eigenvalue weighted by atomic mass is 35.5. The molecular formula is C14H10ClN3O2. The number of hydrogen-bond acceptors (Lipinski definition) is 4. The van der Waals surface area contributed by atoms with Crippen molar-refractivity contribution in [2.45, 2.75) is 0 Å². The zero-order valence-electron chi connectivity index (χ0n) is 10.3. The van der Waals surface area contributed by atoms with Crippen molar-refractivity contribution in [3.8, 4) is 22.5 Å². The van der Waals surface area contributed by atoms with Crippen molar-refractivity contribution in [3.05, 3.63) is 58.0 Å². The van der Waals surface area contributed by atoms with Gasteiger partial charge in [-0.25, -0.2) is 0 Å². The van der Waals surface area contributed by atoms with E-state index in [1.165, 1.54) is 12.3 Å². The molecule has 0 saturated heterocycles. The van der Waals surface area contributed by atoms with Crippen molar-refractivity contribution in [2.24, 2.45) is 0 Å². The molecule has 0 aliphatic carbocycles. The smallest absolute Gasteiger partial charge is 0.248 e. The number of aromatic amines is 1. The number of nitrogens with one attached hydrogen (secondary N) is 1. The van der Waals surface area contributed by atoms with Crippen molar-refractivity contribution in [1.82, 2.24) is 10.1 Å². The highest BCUT2D eigenvalue weighted by molar-refractivity contribution is 6.33. The average molecular weight is 288 g/mol. The fourth-order valence-corrected chi connectivity index (χ4v) is 2.24. The van der Waals surface area contributed by atoms with E-state index in [0.29, 0.717) is 27.5 Å². The summed E-state index contributed by atoms with van der Waals surface area (Å²) in [5, 5.41) is 4.31. The van der Waals surface area contributed by atoms with Crippen molar-refractivity contribution >= 4 is 17.4 Å². The molecule has 0 spiro atoms. The van der Waals surface area contributed by atoms with Crippen LogP contribution >= 0.6 is 11.6 Å². The number of nitrogen functional groups attached to an aromatic ring is 1. The molecule has 2 aromatic heterocycles. The molecule has 20 heavy (non-hydrogen) atoms. The molecule has 0 saturated carbocycles. The summed E-state index contributed by atoms with van der Waals surface area (Å²) in [4.78, 5) is 14.0. The maximum absolute atomic E-state index is 11.4. The molecule has 5 nitrogen and oxygen atoms in total. The lowest BCUT2D eigenvalue weighted by Gasteiger charge is -2.04. The van der Waals surface area contributed by atoms with Crippen molar-refractivity contribution in [3.63, 3.8) is 0 Å². The van der Waals surface area contributed by atoms with Crippen LogP contribution in [0.4, 0.5) is 5.82 Å². The van der Waals surface area contributed by atoms with Gasteiger partial charge in [-0.15, -0.1) is 0 Å². The number of halogens is 1. The topological polar surface area (TPSA) is 84.9 Å². The molecule has 0 unspecified atom stereocenters. The normalized spacial score (nSPS) is 10.7. The number of rotatable bonds is 2. The van der Waals surface area contributed by atoms with E-state index in [1.807, 2.05) is 18.2 Å². The van der Waals surface area contributed by atoms with E-state index in [0.717, 1.165) is 0 Å². The first-order valence-corrected chi connectivity index (χ1v) is 6.24. The van der Waals surface area contributed by atoms with Gasteiger partial charge in [-0.3, -0.25) is 4.79 Å². The number of hydrogen-bond donors (Lipinski definition) is 2. The molecule has 3 N–H and O–H groups in total. The zero-order chi connectivity index (χ0) is 14.1. The zero-order valence-corrected chi connectivity index (χ0v) is 11.0. The Hall–Kier alpha value is -2.53. The van der Waals surface area contributed by atoms with E-state index in [1.54, 1.807) is 12.1 Å². The molecule has 0 aliphatic rings. The summed E-state index contributed by atoms with van der Waals surface area (Å²) in [5.74, 6) is 0.648. The Morgan fingerprint density at radius 2 is 2.05 bits per heavy atom. The van der Waals surface area contributed by atoms with Gasteiger partial charge in [0.25, 0.3) is 0 Å². The number of pyridine rings is 1. The van der Waals surface area contributed by atoms with Gasteiger partial charge in [-0.1, -0.05) is 35.0 Å². The summed E-state index contributed by atoms with van der Waals surface area (Å²) in [6.45, 7) is 0. The van der Waals surface area contributed by atoms with Crippen LogP contribution in [0.3, 0.4) is 0 Å². The standard InChI is InChI=1S/C14H10ClN3O2/c15-10-4-2-1-3-9(10)12-13(20-18-14(12)16)8-5-6-17-11(19)7-8/h1-7H,(H2,16,18)(H,17,19). The number of aromatic nitrogens is 2. The Bertz CT molecular complexity index is 823. The van der Waals surface area contributed by atoms with Crippen LogP contribution in [-0.4, -0.2) is 10.1 Å². The first-order valence-electron chi connectivity index (χ1n) is 5.86. The third-order valence-electron chi connectivity index (χ3n) is 2.90. The van der Waals surface area contributed by atoms with E-state index >= 15 is 0 Å². The third-order valence-corrected chi connectivity index (χ3v) is 3.23. The molecule has 0 aliphatic heterocycles. The average Bonchev–Trinajstić information content (AvgIpc) is 2.81. The monoisotopic (exact) mass is 287 g/mol. The Morgan fingerprint density at radius 3 is 2.80 bits per heavy atom. The molecule has 0 bridgehead atoms. The van der Waals surface area contributed by atoms with Crippen LogP contribution in [-0.2, 0) is 0 Å². The Labute approximate surface area is 119 Å². The molecule has 1 aromatic carbocycles. The Morgan fingerprint density at radius 1 is 1.25 bits per heavy atom. The first kappa shape index (κ1) is 12.5. The molecule has 0 atom stereocenters. The van der Waals surface area contributed by atoms with E-state index in [4.69, 9.17) is 21.9 Å². The molecule has 3 aromatic rings. The number of benzene rings is 1. The van der Waals surface area contributed by atoms with Crippen LogP contribution in [0.25, 0.3) is 22.5 Å². The molecule has 0 fully saturated rings. The minimum absolute atomic E-state index is 0.230. The maximum Gasteiger partial charge on any atom is 0.248 e. The van der Waals surface area contributed by atoms with E-state index < -0.39 is 0 Å². The fraction of sp³-hybridized carbons (Fsp3) is 0. The van der Waals surface area contributed by atoms with Crippen LogP contribution in [0, 0.1) is 0 Å². The quantitative estimate of drug-likeness (QED) is 0.759. The molecule has 6 heteroatoms. The van der Waals surface area contributed by atoms with Crippen LogP contribution < -0.4 is 11.3 Å². The second kappa shape index (κ2) is 4.86. The Balaban J connectivity index is 2.26. The molecule has 0 amide bonds. The van der Waals surface area contributed by atoms with Crippen LogP contribution in [0.15, 0.2) is 51.9 Å². The van der Waals surface area contributed by atoms with E-state index in [-0.39, 0.29) is 11.4 Å².